The van der Waals surface area contributed by atoms with Crippen LogP contribution in [0.15, 0.2) is 47.7 Å². The van der Waals surface area contributed by atoms with Crippen molar-refractivity contribution in [2.75, 3.05) is 13.2 Å². The second-order valence-electron chi connectivity index (χ2n) is 8.74. The second-order valence-corrected chi connectivity index (χ2v) is 8.74. The first-order valence-corrected chi connectivity index (χ1v) is 11.2. The zero-order chi connectivity index (χ0) is 21.7. The molecule has 1 aliphatic heterocycles. The lowest BCUT2D eigenvalue weighted by atomic mass is 10.0. The molecule has 2 atom stereocenters. The van der Waals surface area contributed by atoms with Crippen molar-refractivity contribution in [3.8, 4) is 11.1 Å². The summed E-state index contributed by atoms with van der Waals surface area (Å²) < 4.78 is 8.95. The molecule has 0 unspecified atom stereocenters. The van der Waals surface area contributed by atoms with E-state index in [0.717, 1.165) is 59.1 Å². The number of aromatic nitrogens is 5. The maximum absolute atomic E-state index is 13.6. The molecule has 0 radical (unpaired) electrons. The summed E-state index contributed by atoms with van der Waals surface area (Å²) in [7, 11) is 0. The van der Waals surface area contributed by atoms with Gasteiger partial charge in [0.25, 0.3) is 0 Å². The fraction of sp³-hybridized carbons (Fsp3) is 0.375. The van der Waals surface area contributed by atoms with Gasteiger partial charge in [0.15, 0.2) is 5.65 Å². The molecule has 8 nitrogen and oxygen atoms in total. The number of rotatable bonds is 4. The van der Waals surface area contributed by atoms with E-state index in [2.05, 4.69) is 22.1 Å². The summed E-state index contributed by atoms with van der Waals surface area (Å²) in [4.78, 5) is 25.9. The van der Waals surface area contributed by atoms with Crippen LogP contribution in [0.4, 0.5) is 0 Å². The molecule has 1 saturated heterocycles. The lowest BCUT2D eigenvalue weighted by Crippen LogP contribution is -2.30. The normalized spacial score (nSPS) is 21.5. The van der Waals surface area contributed by atoms with Crippen molar-refractivity contribution >= 4 is 27.9 Å². The van der Waals surface area contributed by atoms with Crippen LogP contribution in [0.25, 0.3) is 39.0 Å². The minimum absolute atomic E-state index is 0.101. The van der Waals surface area contributed by atoms with Crippen LogP contribution in [0.2, 0.25) is 0 Å². The summed E-state index contributed by atoms with van der Waals surface area (Å²) in [5.74, 6) is -0.117. The Labute approximate surface area is 184 Å². The van der Waals surface area contributed by atoms with Crippen molar-refractivity contribution in [2.45, 2.75) is 38.3 Å². The summed E-state index contributed by atoms with van der Waals surface area (Å²) in [6.45, 7) is 1.16. The molecule has 0 amide bonds. The Morgan fingerprint density at radius 1 is 1.16 bits per heavy atom. The Morgan fingerprint density at radius 3 is 2.84 bits per heavy atom. The Balaban J connectivity index is 1.52. The molecule has 32 heavy (non-hydrogen) atoms. The molecule has 0 aromatic carbocycles. The number of aliphatic hydroxyl groups excluding tert-OH is 1. The highest BCUT2D eigenvalue weighted by Gasteiger charge is 2.29. The predicted molar refractivity (Wildman–Crippen MR) is 122 cm³/mol. The van der Waals surface area contributed by atoms with E-state index >= 15 is 0 Å². The second kappa shape index (κ2) is 7.72. The zero-order valence-electron chi connectivity index (χ0n) is 17.7. The number of H-pyrrole nitrogens is 1. The molecule has 4 aromatic rings. The number of hydrogen-bond donors (Lipinski definition) is 2. The number of allylic oxidation sites excluding steroid dienone is 2. The number of imidazole rings is 1. The molecule has 0 bridgehead atoms. The van der Waals surface area contributed by atoms with Crippen LogP contribution in [0.3, 0.4) is 0 Å². The molecule has 6 rings (SSSR count). The quantitative estimate of drug-likeness (QED) is 0.517. The highest BCUT2D eigenvalue weighted by Crippen LogP contribution is 2.29. The Bertz CT molecular complexity index is 1400. The van der Waals surface area contributed by atoms with Gasteiger partial charge in [-0.3, -0.25) is 4.57 Å². The van der Waals surface area contributed by atoms with E-state index in [1.54, 1.807) is 9.13 Å². The van der Waals surface area contributed by atoms with E-state index in [-0.39, 0.29) is 11.6 Å². The van der Waals surface area contributed by atoms with Crippen LogP contribution in [-0.2, 0) is 11.3 Å². The smallest absolute Gasteiger partial charge is 0.334 e. The third kappa shape index (κ3) is 3.18. The first-order valence-electron chi connectivity index (χ1n) is 11.2. The molecule has 8 heteroatoms. The van der Waals surface area contributed by atoms with Crippen molar-refractivity contribution < 1.29 is 9.84 Å². The van der Waals surface area contributed by atoms with E-state index in [1.165, 1.54) is 0 Å². The molecule has 0 spiro atoms. The molecule has 4 aromatic heterocycles. The molecule has 1 aliphatic carbocycles. The van der Waals surface area contributed by atoms with Crippen LogP contribution in [0.1, 0.15) is 25.7 Å². The van der Waals surface area contributed by atoms with E-state index in [4.69, 9.17) is 9.72 Å². The monoisotopic (exact) mass is 431 g/mol. The molecule has 2 aliphatic rings. The van der Waals surface area contributed by atoms with Crippen molar-refractivity contribution in [2.24, 2.45) is 5.92 Å². The maximum atomic E-state index is 13.6. The van der Waals surface area contributed by atoms with Gasteiger partial charge in [0, 0.05) is 53.3 Å². The van der Waals surface area contributed by atoms with Crippen LogP contribution in [0.5, 0.6) is 0 Å². The van der Waals surface area contributed by atoms with Crippen LogP contribution < -0.4 is 5.69 Å². The largest absolute Gasteiger partial charge is 0.390 e. The number of nitrogens with zero attached hydrogens (tertiary/aromatic N) is 4. The van der Waals surface area contributed by atoms with Gasteiger partial charge in [0.2, 0.25) is 0 Å². The topological polar surface area (TPSA) is 98.0 Å². The van der Waals surface area contributed by atoms with Crippen LogP contribution >= 0.6 is 0 Å². The van der Waals surface area contributed by atoms with Crippen LogP contribution in [0, 0.1) is 5.92 Å². The van der Waals surface area contributed by atoms with E-state index < -0.39 is 6.10 Å². The summed E-state index contributed by atoms with van der Waals surface area (Å²) in [5, 5.41) is 11.3. The zero-order valence-corrected chi connectivity index (χ0v) is 17.7. The number of fused-ring (bicyclic) bond motifs is 2. The fourth-order valence-corrected chi connectivity index (χ4v) is 4.84. The highest BCUT2D eigenvalue weighted by molar-refractivity contribution is 5.85. The summed E-state index contributed by atoms with van der Waals surface area (Å²) in [6.07, 6.45) is 11.2. The van der Waals surface area contributed by atoms with Crippen molar-refractivity contribution in [3.05, 3.63) is 53.3 Å². The molecular weight excluding hydrogens is 406 g/mol. The maximum Gasteiger partial charge on any atom is 0.334 e. The van der Waals surface area contributed by atoms with Crippen LogP contribution in [-0.4, -0.2) is 48.5 Å². The van der Waals surface area contributed by atoms with E-state index in [1.807, 2.05) is 30.7 Å². The lowest BCUT2D eigenvalue weighted by molar-refractivity contribution is 0.115. The van der Waals surface area contributed by atoms with Crippen molar-refractivity contribution in [1.82, 2.24) is 24.1 Å². The lowest BCUT2D eigenvalue weighted by Gasteiger charge is -2.14. The minimum atomic E-state index is -0.564. The molecule has 1 fully saturated rings. The van der Waals surface area contributed by atoms with Gasteiger partial charge in [-0.15, -0.1) is 0 Å². The number of ether oxygens (including phenoxy) is 1. The average molecular weight is 431 g/mol. The third-order valence-corrected chi connectivity index (χ3v) is 6.64. The predicted octanol–water partition coefficient (Wildman–Crippen LogP) is 3.16. The van der Waals surface area contributed by atoms with Gasteiger partial charge in [-0.1, -0.05) is 6.08 Å². The Hall–Kier alpha value is -3.23. The average Bonchev–Trinajstić information content (AvgIpc) is 3.52. The number of nitrogens with one attached hydrogen (secondary N) is 1. The summed E-state index contributed by atoms with van der Waals surface area (Å²) >= 11 is 0. The molecule has 164 valence electrons. The van der Waals surface area contributed by atoms with E-state index in [0.29, 0.717) is 25.4 Å². The molecule has 0 saturated carbocycles. The van der Waals surface area contributed by atoms with Crippen molar-refractivity contribution in [1.29, 1.82) is 0 Å². The van der Waals surface area contributed by atoms with E-state index in [9.17, 15) is 9.90 Å². The van der Waals surface area contributed by atoms with Gasteiger partial charge in [0.05, 0.1) is 24.8 Å². The first kappa shape index (κ1) is 19.5. The number of aliphatic hydroxyl groups is 1. The SMILES string of the molecule is O=c1n(C[C@H]2COC[C@@H]2O)c2cc(-c3cnc4[nH]ccc4c3)cnc2n1C1=CCCCC1. The highest BCUT2D eigenvalue weighted by atomic mass is 16.5. The van der Waals surface area contributed by atoms with Gasteiger partial charge in [-0.05, 0) is 43.9 Å². The standard InChI is InChI=1S/C24H25N5O3/c30-21-14-32-13-18(21)12-28-20-9-17(16-8-15-6-7-25-22(15)26-10-16)11-27-23(20)29(24(28)31)19-4-2-1-3-5-19/h4,6-11,18,21,30H,1-3,5,12-14H2,(H,25,26)/t18-,21-/m0/s1. The van der Waals surface area contributed by atoms with Gasteiger partial charge in [-0.25, -0.2) is 19.3 Å². The minimum Gasteiger partial charge on any atom is -0.390 e. The molecule has 5 heterocycles. The first-order chi connectivity index (χ1) is 15.7. The number of hydrogen-bond acceptors (Lipinski definition) is 5. The Kier molecular flexibility index (Phi) is 4.69. The number of pyridine rings is 2. The van der Waals surface area contributed by atoms with Gasteiger partial charge < -0.3 is 14.8 Å². The third-order valence-electron chi connectivity index (χ3n) is 6.64. The molecule has 2 N–H and O–H groups in total. The van der Waals surface area contributed by atoms with Gasteiger partial charge in [0.1, 0.15) is 5.65 Å². The Morgan fingerprint density at radius 2 is 2.03 bits per heavy atom. The number of aromatic amines is 1. The summed E-state index contributed by atoms with van der Waals surface area (Å²) in [5.41, 5.74) is 5.03. The van der Waals surface area contributed by atoms with Gasteiger partial charge in [-0.2, -0.15) is 0 Å². The van der Waals surface area contributed by atoms with Gasteiger partial charge >= 0.3 is 5.69 Å². The molecular formula is C24H25N5O3. The summed E-state index contributed by atoms with van der Waals surface area (Å²) in [6, 6.07) is 6.07. The fourth-order valence-electron chi connectivity index (χ4n) is 4.84. The van der Waals surface area contributed by atoms with Crippen molar-refractivity contribution in [3.63, 3.8) is 0 Å².